The van der Waals surface area contributed by atoms with Gasteiger partial charge in [0.25, 0.3) is 0 Å². The van der Waals surface area contributed by atoms with E-state index in [0.29, 0.717) is 11.7 Å². The lowest BCUT2D eigenvalue weighted by atomic mass is 10.2. The van der Waals surface area contributed by atoms with Crippen molar-refractivity contribution in [2.24, 2.45) is 13.0 Å². The van der Waals surface area contributed by atoms with Gasteiger partial charge in [0, 0.05) is 43.0 Å². The third-order valence-electron chi connectivity index (χ3n) is 3.75. The Morgan fingerprint density at radius 3 is 2.91 bits per heavy atom. The molecule has 1 aromatic heterocycles. The zero-order valence-corrected chi connectivity index (χ0v) is 13.4. The summed E-state index contributed by atoms with van der Waals surface area (Å²) >= 11 is 1.86. The van der Waals surface area contributed by atoms with Crippen LogP contribution in [-0.2, 0) is 7.05 Å². The average molecular weight is 316 g/mol. The summed E-state index contributed by atoms with van der Waals surface area (Å²) < 4.78 is 1.68. The van der Waals surface area contributed by atoms with Gasteiger partial charge in [0.2, 0.25) is 0 Å². The Labute approximate surface area is 134 Å². The third-order valence-corrected chi connectivity index (χ3v) is 4.99. The molecule has 0 aliphatic carbocycles. The minimum Gasteiger partial charge on any atom is -0.324 e. The number of likely N-dealkylation sites (tertiary alicyclic amines) is 1. The van der Waals surface area contributed by atoms with Crippen LogP contribution in [0, 0.1) is 5.92 Å². The van der Waals surface area contributed by atoms with Crippen LogP contribution in [-0.4, -0.2) is 39.6 Å². The van der Waals surface area contributed by atoms with E-state index in [9.17, 15) is 4.79 Å². The van der Waals surface area contributed by atoms with Crippen LogP contribution in [0.1, 0.15) is 6.42 Å². The van der Waals surface area contributed by atoms with Crippen molar-refractivity contribution in [1.29, 1.82) is 0 Å². The third kappa shape index (κ3) is 3.82. The highest BCUT2D eigenvalue weighted by Crippen LogP contribution is 2.26. The lowest BCUT2D eigenvalue weighted by Crippen LogP contribution is -2.33. The molecule has 2 amide bonds. The molecule has 1 saturated heterocycles. The second-order valence-corrected chi connectivity index (χ2v) is 6.62. The zero-order chi connectivity index (χ0) is 15.4. The minimum absolute atomic E-state index is 0.0501. The molecule has 1 aromatic carbocycles. The zero-order valence-electron chi connectivity index (χ0n) is 12.6. The first-order valence-corrected chi connectivity index (χ1v) is 8.43. The van der Waals surface area contributed by atoms with Crippen LogP contribution in [0.15, 0.2) is 47.5 Å². The van der Waals surface area contributed by atoms with E-state index in [-0.39, 0.29) is 6.03 Å². The van der Waals surface area contributed by atoms with Crippen molar-refractivity contribution >= 4 is 23.6 Å². The number of urea groups is 1. The maximum Gasteiger partial charge on any atom is 0.323 e. The first-order valence-electron chi connectivity index (χ1n) is 7.44. The number of hydrogen-bond acceptors (Lipinski definition) is 3. The number of thioether (sulfide) groups is 1. The van der Waals surface area contributed by atoms with Crippen LogP contribution in [0.25, 0.3) is 0 Å². The van der Waals surface area contributed by atoms with E-state index in [4.69, 9.17) is 0 Å². The highest BCUT2D eigenvalue weighted by Gasteiger charge is 2.26. The molecule has 2 aromatic rings. The molecule has 1 aliphatic rings. The SMILES string of the molecule is Cn1ccc(NC(=O)N2CC[C@H](CSc3ccccc3)C2)n1. The van der Waals surface area contributed by atoms with Crippen molar-refractivity contribution in [2.75, 3.05) is 24.2 Å². The Bertz CT molecular complexity index is 628. The van der Waals surface area contributed by atoms with Gasteiger partial charge in [-0.2, -0.15) is 5.10 Å². The number of nitrogens with one attached hydrogen (secondary N) is 1. The van der Waals surface area contributed by atoms with E-state index in [1.807, 2.05) is 36.0 Å². The summed E-state index contributed by atoms with van der Waals surface area (Å²) in [5.41, 5.74) is 0. The topological polar surface area (TPSA) is 50.2 Å². The maximum absolute atomic E-state index is 12.2. The minimum atomic E-state index is -0.0501. The Kier molecular flexibility index (Phi) is 4.68. The fraction of sp³-hybridized carbons (Fsp3) is 0.375. The predicted molar refractivity (Wildman–Crippen MR) is 89.1 cm³/mol. The number of carbonyl (C=O) groups is 1. The number of anilines is 1. The summed E-state index contributed by atoms with van der Waals surface area (Å²) in [6, 6.07) is 12.2. The molecule has 0 unspecified atom stereocenters. The van der Waals surface area contributed by atoms with E-state index in [0.717, 1.165) is 25.3 Å². The first-order chi connectivity index (χ1) is 10.7. The molecule has 0 bridgehead atoms. The van der Waals surface area contributed by atoms with Crippen molar-refractivity contribution in [2.45, 2.75) is 11.3 Å². The summed E-state index contributed by atoms with van der Waals surface area (Å²) in [6.07, 6.45) is 2.88. The van der Waals surface area contributed by atoms with Gasteiger partial charge in [0.1, 0.15) is 0 Å². The molecule has 6 heteroatoms. The van der Waals surface area contributed by atoms with Crippen LogP contribution in [0.4, 0.5) is 10.6 Å². The van der Waals surface area contributed by atoms with E-state index in [1.54, 1.807) is 10.7 Å². The van der Waals surface area contributed by atoms with Gasteiger partial charge in [-0.1, -0.05) is 18.2 Å². The number of amides is 2. The van der Waals surface area contributed by atoms with Gasteiger partial charge in [-0.3, -0.25) is 10.00 Å². The molecule has 1 fully saturated rings. The molecule has 1 N–H and O–H groups in total. The lowest BCUT2D eigenvalue weighted by molar-refractivity contribution is 0.221. The molecular formula is C16H20N4OS. The molecule has 0 saturated carbocycles. The van der Waals surface area contributed by atoms with Crippen molar-refractivity contribution in [3.05, 3.63) is 42.6 Å². The van der Waals surface area contributed by atoms with E-state index in [1.165, 1.54) is 4.90 Å². The van der Waals surface area contributed by atoms with Crippen LogP contribution in [0.3, 0.4) is 0 Å². The number of aryl methyl sites for hydroxylation is 1. The molecule has 0 radical (unpaired) electrons. The fourth-order valence-electron chi connectivity index (χ4n) is 2.55. The average Bonchev–Trinajstić information content (AvgIpc) is 3.15. The quantitative estimate of drug-likeness (QED) is 0.882. The lowest BCUT2D eigenvalue weighted by Gasteiger charge is -2.16. The number of aromatic nitrogens is 2. The monoisotopic (exact) mass is 316 g/mol. The fourth-order valence-corrected chi connectivity index (χ4v) is 3.60. The molecule has 1 atom stereocenters. The largest absolute Gasteiger partial charge is 0.324 e. The van der Waals surface area contributed by atoms with Crippen molar-refractivity contribution in [3.63, 3.8) is 0 Å². The second-order valence-electron chi connectivity index (χ2n) is 5.53. The van der Waals surface area contributed by atoms with Gasteiger partial charge in [0.15, 0.2) is 5.82 Å². The van der Waals surface area contributed by atoms with E-state index in [2.05, 4.69) is 34.7 Å². The van der Waals surface area contributed by atoms with Crippen LogP contribution < -0.4 is 5.32 Å². The summed E-state index contributed by atoms with van der Waals surface area (Å²) in [4.78, 5) is 15.4. The van der Waals surface area contributed by atoms with Crippen LogP contribution in [0.2, 0.25) is 0 Å². The Hall–Kier alpha value is -1.95. The van der Waals surface area contributed by atoms with Gasteiger partial charge in [0.05, 0.1) is 0 Å². The number of carbonyl (C=O) groups excluding carboxylic acids is 1. The van der Waals surface area contributed by atoms with E-state index < -0.39 is 0 Å². The van der Waals surface area contributed by atoms with Crippen molar-refractivity contribution < 1.29 is 4.79 Å². The Balaban J connectivity index is 1.46. The first kappa shape index (κ1) is 15.0. The summed E-state index contributed by atoms with van der Waals surface area (Å²) in [5, 5.41) is 7.02. The molecule has 22 heavy (non-hydrogen) atoms. The molecular weight excluding hydrogens is 296 g/mol. The Morgan fingerprint density at radius 2 is 2.18 bits per heavy atom. The molecule has 0 spiro atoms. The maximum atomic E-state index is 12.2. The summed E-state index contributed by atoms with van der Waals surface area (Å²) in [7, 11) is 1.84. The van der Waals surface area contributed by atoms with Gasteiger partial charge in [-0.05, 0) is 24.5 Å². The van der Waals surface area contributed by atoms with E-state index >= 15 is 0 Å². The normalized spacial score (nSPS) is 17.7. The molecule has 3 rings (SSSR count). The molecule has 1 aliphatic heterocycles. The standard InChI is InChI=1S/C16H20N4OS/c1-19-9-8-15(18-19)17-16(21)20-10-7-13(11-20)12-22-14-5-3-2-4-6-14/h2-6,8-9,13H,7,10-12H2,1H3,(H,17,18,21)/t13-/m0/s1. The van der Waals surface area contributed by atoms with Crippen molar-refractivity contribution in [3.8, 4) is 0 Å². The van der Waals surface area contributed by atoms with Gasteiger partial charge in [-0.15, -0.1) is 11.8 Å². The smallest absolute Gasteiger partial charge is 0.323 e. The van der Waals surface area contributed by atoms with Gasteiger partial charge < -0.3 is 4.90 Å². The summed E-state index contributed by atoms with van der Waals surface area (Å²) in [6.45, 7) is 1.64. The van der Waals surface area contributed by atoms with Crippen LogP contribution >= 0.6 is 11.8 Å². The number of hydrogen-bond donors (Lipinski definition) is 1. The van der Waals surface area contributed by atoms with Crippen molar-refractivity contribution in [1.82, 2.24) is 14.7 Å². The molecule has 116 valence electrons. The number of nitrogens with zero attached hydrogens (tertiary/aromatic N) is 3. The predicted octanol–water partition coefficient (Wildman–Crippen LogP) is 3.07. The highest BCUT2D eigenvalue weighted by atomic mass is 32.2. The van der Waals surface area contributed by atoms with Crippen LogP contribution in [0.5, 0.6) is 0 Å². The number of rotatable bonds is 4. The Morgan fingerprint density at radius 1 is 1.36 bits per heavy atom. The highest BCUT2D eigenvalue weighted by molar-refractivity contribution is 7.99. The molecule has 2 heterocycles. The molecule has 5 nitrogen and oxygen atoms in total. The van der Waals surface area contributed by atoms with Gasteiger partial charge in [-0.25, -0.2) is 4.79 Å². The van der Waals surface area contributed by atoms with Gasteiger partial charge >= 0.3 is 6.03 Å². The second kappa shape index (κ2) is 6.87. The number of benzene rings is 1. The summed E-state index contributed by atoms with van der Waals surface area (Å²) in [5.74, 6) is 2.21.